The molecular formula is C16H14ClN3OS. The number of anilines is 1. The highest BCUT2D eigenvalue weighted by molar-refractivity contribution is 7.13. The van der Waals surface area contributed by atoms with E-state index in [1.165, 1.54) is 0 Å². The van der Waals surface area contributed by atoms with Crippen LogP contribution in [0, 0.1) is 0 Å². The zero-order chi connectivity index (χ0) is 14.9. The van der Waals surface area contributed by atoms with Gasteiger partial charge in [-0.05, 0) is 29.6 Å². The van der Waals surface area contributed by atoms with E-state index in [0.717, 1.165) is 53.5 Å². The Balaban J connectivity index is 1.92. The lowest BCUT2D eigenvalue weighted by atomic mass is 10.1. The second-order valence-electron chi connectivity index (χ2n) is 5.14. The van der Waals surface area contributed by atoms with Gasteiger partial charge in [-0.15, -0.1) is 21.5 Å². The number of halogens is 1. The van der Waals surface area contributed by atoms with Crippen molar-refractivity contribution in [3.63, 3.8) is 0 Å². The highest BCUT2D eigenvalue weighted by Crippen LogP contribution is 2.35. The van der Waals surface area contributed by atoms with Crippen LogP contribution in [-0.4, -0.2) is 36.5 Å². The van der Waals surface area contributed by atoms with Gasteiger partial charge in [0.2, 0.25) is 0 Å². The molecule has 1 fully saturated rings. The standard InChI is InChI=1S/C16H14ClN3OS/c17-11-3-4-12-13(10-11)15(14-2-1-9-22-14)18-19-16(12)20-5-7-21-8-6-20/h1-4,9-10H,5-8H2. The quantitative estimate of drug-likeness (QED) is 0.715. The number of hydrogen-bond acceptors (Lipinski definition) is 5. The fourth-order valence-electron chi connectivity index (χ4n) is 2.72. The first kappa shape index (κ1) is 13.9. The third kappa shape index (κ3) is 2.45. The summed E-state index contributed by atoms with van der Waals surface area (Å²) in [5.41, 5.74) is 0.893. The van der Waals surface area contributed by atoms with Crippen molar-refractivity contribution in [3.05, 3.63) is 40.7 Å². The van der Waals surface area contributed by atoms with E-state index < -0.39 is 0 Å². The van der Waals surface area contributed by atoms with Crippen LogP contribution in [-0.2, 0) is 4.74 Å². The molecule has 0 aliphatic carbocycles. The summed E-state index contributed by atoms with van der Waals surface area (Å²) in [6.07, 6.45) is 0. The summed E-state index contributed by atoms with van der Waals surface area (Å²) < 4.78 is 5.43. The number of thiophene rings is 1. The zero-order valence-electron chi connectivity index (χ0n) is 11.8. The molecule has 0 unspecified atom stereocenters. The van der Waals surface area contributed by atoms with Crippen molar-refractivity contribution in [2.75, 3.05) is 31.2 Å². The molecule has 0 spiro atoms. The molecule has 0 N–H and O–H groups in total. The van der Waals surface area contributed by atoms with Crippen LogP contribution in [0.25, 0.3) is 21.3 Å². The van der Waals surface area contributed by atoms with Gasteiger partial charge in [-0.2, -0.15) is 0 Å². The Kier molecular flexibility index (Phi) is 3.70. The van der Waals surface area contributed by atoms with Gasteiger partial charge in [0.1, 0.15) is 5.69 Å². The molecule has 112 valence electrons. The lowest BCUT2D eigenvalue weighted by Gasteiger charge is -2.28. The van der Waals surface area contributed by atoms with Crippen molar-refractivity contribution in [1.29, 1.82) is 0 Å². The van der Waals surface area contributed by atoms with Crippen molar-refractivity contribution in [3.8, 4) is 10.6 Å². The molecule has 1 aromatic carbocycles. The van der Waals surface area contributed by atoms with Crippen LogP contribution in [0.15, 0.2) is 35.7 Å². The van der Waals surface area contributed by atoms with E-state index in [9.17, 15) is 0 Å². The summed E-state index contributed by atoms with van der Waals surface area (Å²) in [6, 6.07) is 10.0. The second-order valence-corrected chi connectivity index (χ2v) is 6.52. The second kappa shape index (κ2) is 5.83. The number of fused-ring (bicyclic) bond motifs is 1. The Bertz CT molecular complexity index is 801. The number of hydrogen-bond donors (Lipinski definition) is 0. The first-order valence-corrected chi connectivity index (χ1v) is 8.41. The van der Waals surface area contributed by atoms with E-state index >= 15 is 0 Å². The fraction of sp³-hybridized carbons (Fsp3) is 0.250. The predicted molar refractivity (Wildman–Crippen MR) is 90.9 cm³/mol. The SMILES string of the molecule is Clc1ccc2c(N3CCOCC3)nnc(-c3cccs3)c2c1. The van der Waals surface area contributed by atoms with Crippen LogP contribution in [0.4, 0.5) is 5.82 Å². The van der Waals surface area contributed by atoms with Crippen LogP contribution in [0.5, 0.6) is 0 Å². The summed E-state index contributed by atoms with van der Waals surface area (Å²) >= 11 is 7.87. The molecule has 0 radical (unpaired) electrons. The normalized spacial score (nSPS) is 15.4. The third-order valence-corrected chi connectivity index (χ3v) is 4.90. The molecule has 3 aromatic rings. The Labute approximate surface area is 137 Å². The Hall–Kier alpha value is -1.69. The highest BCUT2D eigenvalue weighted by Gasteiger charge is 2.18. The number of morpholine rings is 1. The van der Waals surface area contributed by atoms with Crippen molar-refractivity contribution >= 4 is 39.5 Å². The van der Waals surface area contributed by atoms with Crippen molar-refractivity contribution in [1.82, 2.24) is 10.2 Å². The molecule has 6 heteroatoms. The molecule has 1 aliphatic heterocycles. The smallest absolute Gasteiger partial charge is 0.159 e. The van der Waals surface area contributed by atoms with Crippen molar-refractivity contribution in [2.24, 2.45) is 0 Å². The van der Waals surface area contributed by atoms with E-state index in [2.05, 4.69) is 21.2 Å². The maximum atomic E-state index is 6.21. The number of rotatable bonds is 2. The van der Waals surface area contributed by atoms with Gasteiger partial charge in [0.15, 0.2) is 5.82 Å². The third-order valence-electron chi connectivity index (χ3n) is 3.79. The molecule has 22 heavy (non-hydrogen) atoms. The van der Waals surface area contributed by atoms with Crippen molar-refractivity contribution < 1.29 is 4.74 Å². The molecular weight excluding hydrogens is 318 g/mol. The van der Waals surface area contributed by atoms with E-state index in [4.69, 9.17) is 16.3 Å². The maximum absolute atomic E-state index is 6.21. The van der Waals surface area contributed by atoms with Gasteiger partial charge >= 0.3 is 0 Å². The number of benzene rings is 1. The minimum absolute atomic E-state index is 0.714. The monoisotopic (exact) mass is 331 g/mol. The van der Waals surface area contributed by atoms with E-state index in [1.807, 2.05) is 29.6 Å². The topological polar surface area (TPSA) is 38.2 Å². The Morgan fingerprint density at radius 1 is 1.09 bits per heavy atom. The minimum Gasteiger partial charge on any atom is -0.378 e. The average molecular weight is 332 g/mol. The van der Waals surface area contributed by atoms with Crippen LogP contribution in [0.1, 0.15) is 0 Å². The van der Waals surface area contributed by atoms with Crippen LogP contribution in [0.3, 0.4) is 0 Å². The molecule has 0 saturated carbocycles. The van der Waals surface area contributed by atoms with Gasteiger partial charge in [-0.1, -0.05) is 17.7 Å². The Morgan fingerprint density at radius 3 is 2.73 bits per heavy atom. The molecule has 0 atom stereocenters. The van der Waals surface area contributed by atoms with Crippen LogP contribution < -0.4 is 4.90 Å². The summed E-state index contributed by atoms with van der Waals surface area (Å²) in [6.45, 7) is 3.13. The maximum Gasteiger partial charge on any atom is 0.159 e. The van der Waals surface area contributed by atoms with Gasteiger partial charge in [0, 0.05) is 28.9 Å². The molecule has 3 heterocycles. The predicted octanol–water partition coefficient (Wildman–Crippen LogP) is 3.85. The average Bonchev–Trinajstić information content (AvgIpc) is 3.09. The van der Waals surface area contributed by atoms with Crippen LogP contribution >= 0.6 is 22.9 Å². The zero-order valence-corrected chi connectivity index (χ0v) is 13.4. The van der Waals surface area contributed by atoms with E-state index in [1.54, 1.807) is 11.3 Å². The lowest BCUT2D eigenvalue weighted by Crippen LogP contribution is -2.37. The summed E-state index contributed by atoms with van der Waals surface area (Å²) in [4.78, 5) is 3.33. The molecule has 4 rings (SSSR count). The largest absolute Gasteiger partial charge is 0.378 e. The van der Waals surface area contributed by atoms with E-state index in [0.29, 0.717) is 5.02 Å². The Morgan fingerprint density at radius 2 is 1.95 bits per heavy atom. The molecule has 1 aliphatic rings. The van der Waals surface area contributed by atoms with Crippen molar-refractivity contribution in [2.45, 2.75) is 0 Å². The van der Waals surface area contributed by atoms with Gasteiger partial charge in [0.25, 0.3) is 0 Å². The summed E-state index contributed by atoms with van der Waals surface area (Å²) in [5.74, 6) is 0.912. The lowest BCUT2D eigenvalue weighted by molar-refractivity contribution is 0.122. The van der Waals surface area contributed by atoms with Gasteiger partial charge < -0.3 is 9.64 Å². The van der Waals surface area contributed by atoms with Gasteiger partial charge in [-0.3, -0.25) is 0 Å². The van der Waals surface area contributed by atoms with Gasteiger partial charge in [-0.25, -0.2) is 0 Å². The minimum atomic E-state index is 0.714. The first-order chi connectivity index (χ1) is 10.8. The fourth-order valence-corrected chi connectivity index (χ4v) is 3.61. The molecule has 1 saturated heterocycles. The van der Waals surface area contributed by atoms with Crippen LogP contribution in [0.2, 0.25) is 5.02 Å². The summed E-state index contributed by atoms with van der Waals surface area (Å²) in [7, 11) is 0. The first-order valence-electron chi connectivity index (χ1n) is 7.15. The molecule has 4 nitrogen and oxygen atoms in total. The number of aromatic nitrogens is 2. The van der Waals surface area contributed by atoms with E-state index in [-0.39, 0.29) is 0 Å². The molecule has 0 bridgehead atoms. The summed E-state index contributed by atoms with van der Waals surface area (Å²) in [5, 5.41) is 13.9. The van der Waals surface area contributed by atoms with Gasteiger partial charge in [0.05, 0.1) is 18.1 Å². The molecule has 0 amide bonds. The number of ether oxygens (including phenoxy) is 1. The highest BCUT2D eigenvalue weighted by atomic mass is 35.5. The number of nitrogens with zero attached hydrogens (tertiary/aromatic N) is 3. The molecule has 2 aromatic heterocycles.